The van der Waals surface area contributed by atoms with E-state index in [1.165, 1.54) is 4.90 Å². The molecule has 3 aromatic carbocycles. The maximum atomic E-state index is 13.3. The minimum absolute atomic E-state index is 0.0572. The molecule has 0 aromatic heterocycles. The first kappa shape index (κ1) is 24.1. The van der Waals surface area contributed by atoms with Crippen LogP contribution < -0.4 is 9.47 Å². The highest BCUT2D eigenvalue weighted by Gasteiger charge is 2.46. The van der Waals surface area contributed by atoms with Crippen molar-refractivity contribution in [3.05, 3.63) is 101 Å². The van der Waals surface area contributed by atoms with E-state index in [0.29, 0.717) is 35.8 Å². The molecule has 1 amide bonds. The number of amides is 1. The molecule has 1 aliphatic heterocycles. The lowest BCUT2D eigenvalue weighted by Gasteiger charge is -2.26. The van der Waals surface area contributed by atoms with E-state index < -0.39 is 17.7 Å². The van der Waals surface area contributed by atoms with E-state index in [-0.39, 0.29) is 17.9 Å². The molecule has 4 rings (SSSR count). The lowest BCUT2D eigenvalue weighted by atomic mass is 9.95. The second-order valence-corrected chi connectivity index (χ2v) is 8.27. The topological polar surface area (TPSA) is 76.1 Å². The van der Waals surface area contributed by atoms with Gasteiger partial charge in [0.15, 0.2) is 11.5 Å². The van der Waals surface area contributed by atoms with Crippen LogP contribution in [0.15, 0.2) is 84.4 Å². The summed E-state index contributed by atoms with van der Waals surface area (Å²) in [5.41, 5.74) is 2.07. The fraction of sp³-hybridized carbons (Fsp3) is 0.241. The summed E-state index contributed by atoms with van der Waals surface area (Å²) in [6.45, 7) is 5.10. The Morgan fingerprint density at radius 3 is 2.23 bits per heavy atom. The van der Waals surface area contributed by atoms with E-state index in [2.05, 4.69) is 0 Å². The number of Topliss-reactive ketones (excluding diaryl/α,β-unsaturated/α-hetero) is 1. The van der Waals surface area contributed by atoms with Crippen molar-refractivity contribution in [3.8, 4) is 11.5 Å². The molecule has 1 heterocycles. The molecule has 0 saturated carbocycles. The lowest BCUT2D eigenvalue weighted by Crippen LogP contribution is -2.29. The summed E-state index contributed by atoms with van der Waals surface area (Å²) >= 11 is 0. The number of hydrogen-bond acceptors (Lipinski definition) is 5. The Bertz CT molecular complexity index is 1220. The Morgan fingerprint density at radius 2 is 1.57 bits per heavy atom. The quantitative estimate of drug-likeness (QED) is 0.254. The number of hydrogen-bond donors (Lipinski definition) is 1. The Morgan fingerprint density at radius 1 is 0.886 bits per heavy atom. The fourth-order valence-corrected chi connectivity index (χ4v) is 4.22. The number of ketones is 1. The van der Waals surface area contributed by atoms with Crippen molar-refractivity contribution in [2.75, 3.05) is 13.2 Å². The van der Waals surface area contributed by atoms with Crippen LogP contribution in [0.5, 0.6) is 11.5 Å². The van der Waals surface area contributed by atoms with E-state index in [9.17, 15) is 14.7 Å². The SMILES string of the molecule is CCCOc1ccc(C2C(=C(O)c3ccccc3)C(=O)C(=O)N2Cc2ccccc2)cc1OCC. The van der Waals surface area contributed by atoms with E-state index in [4.69, 9.17) is 9.47 Å². The van der Waals surface area contributed by atoms with Crippen molar-refractivity contribution in [1.82, 2.24) is 4.90 Å². The molecule has 0 radical (unpaired) electrons. The third-order valence-electron chi connectivity index (χ3n) is 5.83. The van der Waals surface area contributed by atoms with Crippen LogP contribution in [0.1, 0.15) is 43.0 Å². The average molecular weight is 472 g/mol. The van der Waals surface area contributed by atoms with Crippen molar-refractivity contribution in [3.63, 3.8) is 0 Å². The van der Waals surface area contributed by atoms with Crippen LogP contribution in [0.25, 0.3) is 5.76 Å². The summed E-state index contributed by atoms with van der Waals surface area (Å²) in [6, 6.07) is 22.9. The molecule has 6 nitrogen and oxygen atoms in total. The minimum Gasteiger partial charge on any atom is -0.507 e. The molecule has 6 heteroatoms. The van der Waals surface area contributed by atoms with Gasteiger partial charge in [0, 0.05) is 12.1 Å². The van der Waals surface area contributed by atoms with Crippen LogP contribution in [0.3, 0.4) is 0 Å². The van der Waals surface area contributed by atoms with E-state index in [1.807, 2.05) is 56.3 Å². The molecule has 0 aliphatic carbocycles. The summed E-state index contributed by atoms with van der Waals surface area (Å²) in [5, 5.41) is 11.2. The Labute approximate surface area is 205 Å². The molecule has 1 unspecified atom stereocenters. The predicted octanol–water partition coefficient (Wildman–Crippen LogP) is 5.50. The number of aliphatic hydroxyl groups is 1. The van der Waals surface area contributed by atoms with Gasteiger partial charge in [0.05, 0.1) is 24.8 Å². The number of carbonyl (C=O) groups excluding carboxylic acids is 2. The van der Waals surface area contributed by atoms with Gasteiger partial charge < -0.3 is 19.5 Å². The van der Waals surface area contributed by atoms with Crippen LogP contribution >= 0.6 is 0 Å². The molecular formula is C29H29NO5. The second-order valence-electron chi connectivity index (χ2n) is 8.27. The van der Waals surface area contributed by atoms with Crippen molar-refractivity contribution in [2.45, 2.75) is 32.9 Å². The molecule has 1 fully saturated rings. The number of carbonyl (C=O) groups is 2. The lowest BCUT2D eigenvalue weighted by molar-refractivity contribution is -0.140. The smallest absolute Gasteiger partial charge is 0.295 e. The zero-order valence-corrected chi connectivity index (χ0v) is 19.9. The molecule has 1 saturated heterocycles. The van der Waals surface area contributed by atoms with Gasteiger partial charge in [-0.1, -0.05) is 73.7 Å². The first-order valence-corrected chi connectivity index (χ1v) is 11.8. The molecular weight excluding hydrogens is 442 g/mol. The number of benzene rings is 3. The van der Waals surface area contributed by atoms with Crippen LogP contribution in [0.2, 0.25) is 0 Å². The number of nitrogens with zero attached hydrogens (tertiary/aromatic N) is 1. The highest BCUT2D eigenvalue weighted by molar-refractivity contribution is 6.46. The molecule has 1 aliphatic rings. The van der Waals surface area contributed by atoms with Gasteiger partial charge in [0.25, 0.3) is 11.7 Å². The number of rotatable bonds is 9. The van der Waals surface area contributed by atoms with Gasteiger partial charge in [0.2, 0.25) is 0 Å². The molecule has 1 atom stereocenters. The normalized spacial score (nSPS) is 17.0. The zero-order chi connectivity index (χ0) is 24.8. The van der Waals surface area contributed by atoms with E-state index in [0.717, 1.165) is 12.0 Å². The molecule has 3 aromatic rings. The molecule has 0 bridgehead atoms. The molecule has 180 valence electrons. The number of aliphatic hydroxyl groups excluding tert-OH is 1. The third kappa shape index (κ3) is 5.06. The fourth-order valence-electron chi connectivity index (χ4n) is 4.22. The third-order valence-corrected chi connectivity index (χ3v) is 5.83. The minimum atomic E-state index is -0.783. The van der Waals surface area contributed by atoms with Gasteiger partial charge in [-0.3, -0.25) is 9.59 Å². The molecule has 1 N–H and O–H groups in total. The zero-order valence-electron chi connectivity index (χ0n) is 19.9. The van der Waals surface area contributed by atoms with Crippen molar-refractivity contribution >= 4 is 17.4 Å². The van der Waals surface area contributed by atoms with Crippen molar-refractivity contribution in [2.24, 2.45) is 0 Å². The van der Waals surface area contributed by atoms with Gasteiger partial charge in [-0.05, 0) is 36.6 Å². The summed E-state index contributed by atoms with van der Waals surface area (Å²) in [5.74, 6) is -0.435. The maximum absolute atomic E-state index is 13.3. The predicted molar refractivity (Wildman–Crippen MR) is 134 cm³/mol. The Hall–Kier alpha value is -4.06. The highest BCUT2D eigenvalue weighted by Crippen LogP contribution is 2.42. The summed E-state index contributed by atoms with van der Waals surface area (Å²) in [6.07, 6.45) is 0.849. The van der Waals surface area contributed by atoms with Gasteiger partial charge in [-0.2, -0.15) is 0 Å². The first-order chi connectivity index (χ1) is 17.0. The Balaban J connectivity index is 1.85. The molecule has 35 heavy (non-hydrogen) atoms. The largest absolute Gasteiger partial charge is 0.507 e. The van der Waals surface area contributed by atoms with Crippen LogP contribution in [0, 0.1) is 0 Å². The highest BCUT2D eigenvalue weighted by atomic mass is 16.5. The van der Waals surface area contributed by atoms with Gasteiger partial charge in [-0.25, -0.2) is 0 Å². The van der Waals surface area contributed by atoms with Gasteiger partial charge in [0.1, 0.15) is 5.76 Å². The van der Waals surface area contributed by atoms with E-state index in [1.54, 1.807) is 36.4 Å². The van der Waals surface area contributed by atoms with Crippen LogP contribution in [-0.4, -0.2) is 34.9 Å². The Kier molecular flexibility index (Phi) is 7.51. The van der Waals surface area contributed by atoms with Crippen molar-refractivity contribution in [1.29, 1.82) is 0 Å². The standard InChI is InChI=1S/C29H29NO5/c1-3-17-35-23-16-15-22(18-24(23)34-4-2)26-25(27(31)21-13-9-6-10-14-21)28(32)29(33)30(26)19-20-11-7-5-8-12-20/h5-16,18,26,31H,3-4,17,19H2,1-2H3. The van der Waals surface area contributed by atoms with Gasteiger partial charge in [-0.15, -0.1) is 0 Å². The summed E-state index contributed by atoms with van der Waals surface area (Å²) < 4.78 is 11.7. The first-order valence-electron chi connectivity index (χ1n) is 11.8. The monoisotopic (exact) mass is 471 g/mol. The van der Waals surface area contributed by atoms with Gasteiger partial charge >= 0.3 is 0 Å². The summed E-state index contributed by atoms with van der Waals surface area (Å²) in [4.78, 5) is 28.0. The average Bonchev–Trinajstić information content (AvgIpc) is 3.13. The number of likely N-dealkylation sites (tertiary alicyclic amines) is 1. The second kappa shape index (κ2) is 10.9. The number of ether oxygens (including phenoxy) is 2. The summed E-state index contributed by atoms with van der Waals surface area (Å²) in [7, 11) is 0. The molecule has 0 spiro atoms. The van der Waals surface area contributed by atoms with E-state index >= 15 is 0 Å². The van der Waals surface area contributed by atoms with Crippen molar-refractivity contribution < 1.29 is 24.2 Å². The van der Waals surface area contributed by atoms with Crippen LogP contribution in [-0.2, 0) is 16.1 Å². The maximum Gasteiger partial charge on any atom is 0.295 e. The van der Waals surface area contributed by atoms with Crippen LogP contribution in [0.4, 0.5) is 0 Å².